The van der Waals surface area contributed by atoms with Crippen LogP contribution in [0, 0.1) is 17.2 Å². The highest BCUT2D eigenvalue weighted by Crippen LogP contribution is 2.25. The van der Waals surface area contributed by atoms with E-state index < -0.39 is 6.04 Å². The summed E-state index contributed by atoms with van der Waals surface area (Å²) in [6.45, 7) is 7.23. The van der Waals surface area contributed by atoms with Crippen molar-refractivity contribution in [3.8, 4) is 17.2 Å². The standard InChI is InChI=1S/C29H32N2O3/c1-4-18-34-31(28(22(2)3)29(32)33-21-24-10-6-5-7-11-24)20-23-14-16-25(17-15-23)27-13-9-8-12-26(27)19-30/h5-17,22,28H,4,18,20-21H2,1-3H3/t28-/m0/s1. The molecule has 0 saturated carbocycles. The molecule has 0 bridgehead atoms. The molecule has 0 amide bonds. The number of benzene rings is 3. The predicted molar refractivity (Wildman–Crippen MR) is 133 cm³/mol. The second-order valence-corrected chi connectivity index (χ2v) is 8.54. The van der Waals surface area contributed by atoms with Crippen molar-refractivity contribution in [1.29, 1.82) is 5.26 Å². The molecule has 0 unspecified atom stereocenters. The van der Waals surface area contributed by atoms with Crippen LogP contribution in [-0.4, -0.2) is 23.7 Å². The molecule has 3 rings (SSSR count). The summed E-state index contributed by atoms with van der Waals surface area (Å²) in [7, 11) is 0. The number of hydrogen-bond donors (Lipinski definition) is 0. The van der Waals surface area contributed by atoms with Crippen molar-refractivity contribution in [2.75, 3.05) is 6.61 Å². The van der Waals surface area contributed by atoms with E-state index in [0.29, 0.717) is 18.7 Å². The molecule has 3 aromatic carbocycles. The predicted octanol–water partition coefficient (Wildman–Crippen LogP) is 6.14. The Labute approximate surface area is 202 Å². The zero-order valence-electron chi connectivity index (χ0n) is 20.1. The summed E-state index contributed by atoms with van der Waals surface area (Å²) in [5.74, 6) is -0.295. The Morgan fingerprint density at radius 1 is 0.941 bits per heavy atom. The molecule has 0 fully saturated rings. The number of esters is 1. The van der Waals surface area contributed by atoms with Gasteiger partial charge in [-0.25, -0.2) is 0 Å². The fourth-order valence-electron chi connectivity index (χ4n) is 3.77. The Hall–Kier alpha value is -3.46. The molecular formula is C29H32N2O3. The average Bonchev–Trinajstić information content (AvgIpc) is 2.87. The van der Waals surface area contributed by atoms with Gasteiger partial charge in [-0.2, -0.15) is 10.3 Å². The van der Waals surface area contributed by atoms with Gasteiger partial charge in [-0.15, -0.1) is 0 Å². The van der Waals surface area contributed by atoms with Crippen LogP contribution in [0.5, 0.6) is 0 Å². The Morgan fingerprint density at radius 3 is 2.26 bits per heavy atom. The van der Waals surface area contributed by atoms with Crippen LogP contribution >= 0.6 is 0 Å². The zero-order valence-corrected chi connectivity index (χ0v) is 20.1. The molecule has 3 aromatic rings. The lowest BCUT2D eigenvalue weighted by Gasteiger charge is -2.31. The van der Waals surface area contributed by atoms with Gasteiger partial charge < -0.3 is 4.74 Å². The van der Waals surface area contributed by atoms with Crippen LogP contribution < -0.4 is 0 Å². The topological polar surface area (TPSA) is 62.6 Å². The van der Waals surface area contributed by atoms with Crippen molar-refractivity contribution in [3.05, 3.63) is 95.6 Å². The van der Waals surface area contributed by atoms with Crippen LogP contribution in [0.3, 0.4) is 0 Å². The highest BCUT2D eigenvalue weighted by molar-refractivity contribution is 5.76. The summed E-state index contributed by atoms with van der Waals surface area (Å²) in [4.78, 5) is 19.1. The van der Waals surface area contributed by atoms with Crippen LogP contribution in [0.4, 0.5) is 0 Å². The van der Waals surface area contributed by atoms with Gasteiger partial charge >= 0.3 is 5.97 Å². The monoisotopic (exact) mass is 456 g/mol. The van der Waals surface area contributed by atoms with E-state index in [-0.39, 0.29) is 18.5 Å². The number of hydrogen-bond acceptors (Lipinski definition) is 5. The third-order valence-corrected chi connectivity index (χ3v) is 5.52. The molecule has 0 aliphatic heterocycles. The minimum Gasteiger partial charge on any atom is -0.460 e. The minimum atomic E-state index is -0.533. The molecule has 5 nitrogen and oxygen atoms in total. The number of rotatable bonds is 11. The number of hydroxylamine groups is 2. The lowest BCUT2D eigenvalue weighted by molar-refractivity contribution is -0.215. The molecule has 0 saturated heterocycles. The second kappa shape index (κ2) is 12.7. The van der Waals surface area contributed by atoms with E-state index in [1.54, 1.807) is 5.06 Å². The van der Waals surface area contributed by atoms with Crippen LogP contribution in [0.2, 0.25) is 0 Å². The van der Waals surface area contributed by atoms with Gasteiger partial charge in [0.25, 0.3) is 0 Å². The van der Waals surface area contributed by atoms with E-state index in [0.717, 1.165) is 28.7 Å². The van der Waals surface area contributed by atoms with Gasteiger partial charge in [-0.05, 0) is 40.7 Å². The number of carbonyl (C=O) groups excluding carboxylic acids is 1. The van der Waals surface area contributed by atoms with Crippen LogP contribution in [0.15, 0.2) is 78.9 Å². The summed E-state index contributed by atoms with van der Waals surface area (Å²) >= 11 is 0. The lowest BCUT2D eigenvalue weighted by Crippen LogP contribution is -2.45. The Balaban J connectivity index is 1.76. The molecule has 0 aromatic heterocycles. The molecule has 1 atom stereocenters. The van der Waals surface area contributed by atoms with Gasteiger partial charge in [0.05, 0.1) is 24.8 Å². The van der Waals surface area contributed by atoms with E-state index >= 15 is 0 Å². The van der Waals surface area contributed by atoms with Gasteiger partial charge in [0.2, 0.25) is 0 Å². The second-order valence-electron chi connectivity index (χ2n) is 8.54. The van der Waals surface area contributed by atoms with E-state index in [1.165, 1.54) is 0 Å². The molecular weight excluding hydrogens is 424 g/mol. The van der Waals surface area contributed by atoms with Gasteiger partial charge in [0, 0.05) is 0 Å². The van der Waals surface area contributed by atoms with Crippen LogP contribution in [-0.2, 0) is 27.5 Å². The van der Waals surface area contributed by atoms with Crippen molar-refractivity contribution in [2.24, 2.45) is 5.92 Å². The number of nitrogens with zero attached hydrogens (tertiary/aromatic N) is 2. The molecule has 0 aliphatic carbocycles. The molecule has 5 heteroatoms. The van der Waals surface area contributed by atoms with E-state index in [2.05, 4.69) is 6.07 Å². The summed E-state index contributed by atoms with van der Waals surface area (Å²) in [6, 6.07) is 27.0. The lowest BCUT2D eigenvalue weighted by atomic mass is 9.99. The Morgan fingerprint density at radius 2 is 1.62 bits per heavy atom. The first-order chi connectivity index (χ1) is 16.5. The average molecular weight is 457 g/mol. The highest BCUT2D eigenvalue weighted by Gasteiger charge is 2.31. The maximum Gasteiger partial charge on any atom is 0.326 e. The zero-order chi connectivity index (χ0) is 24.3. The largest absolute Gasteiger partial charge is 0.460 e. The third kappa shape index (κ3) is 6.77. The van der Waals surface area contributed by atoms with Crippen molar-refractivity contribution in [3.63, 3.8) is 0 Å². The first-order valence-corrected chi connectivity index (χ1v) is 11.7. The van der Waals surface area contributed by atoms with Gasteiger partial charge in [0.15, 0.2) is 0 Å². The van der Waals surface area contributed by atoms with Crippen molar-refractivity contribution in [1.82, 2.24) is 5.06 Å². The summed E-state index contributed by atoms with van der Waals surface area (Å²) in [5, 5.41) is 11.1. The molecule has 0 aliphatic rings. The minimum absolute atomic E-state index is 0.00177. The molecule has 0 spiro atoms. The first-order valence-electron chi connectivity index (χ1n) is 11.7. The number of ether oxygens (including phenoxy) is 1. The fraction of sp³-hybridized carbons (Fsp3) is 0.310. The highest BCUT2D eigenvalue weighted by atomic mass is 16.7. The summed E-state index contributed by atoms with van der Waals surface area (Å²) in [5.41, 5.74) is 4.48. The van der Waals surface area contributed by atoms with Gasteiger partial charge in [-0.1, -0.05) is 93.6 Å². The van der Waals surface area contributed by atoms with Crippen molar-refractivity contribution < 1.29 is 14.4 Å². The van der Waals surface area contributed by atoms with Crippen LogP contribution in [0.25, 0.3) is 11.1 Å². The quantitative estimate of drug-likeness (QED) is 0.256. The fourth-order valence-corrected chi connectivity index (χ4v) is 3.77. The maximum atomic E-state index is 13.1. The van der Waals surface area contributed by atoms with Gasteiger partial charge in [0.1, 0.15) is 12.6 Å². The van der Waals surface area contributed by atoms with Crippen molar-refractivity contribution >= 4 is 5.97 Å². The van der Waals surface area contributed by atoms with E-state index in [1.807, 2.05) is 99.6 Å². The van der Waals surface area contributed by atoms with E-state index in [9.17, 15) is 10.1 Å². The van der Waals surface area contributed by atoms with Crippen LogP contribution in [0.1, 0.15) is 43.9 Å². The maximum absolute atomic E-state index is 13.1. The molecule has 176 valence electrons. The first kappa shape index (κ1) is 25.2. The molecule has 0 N–H and O–H groups in total. The van der Waals surface area contributed by atoms with Crippen molar-refractivity contribution in [2.45, 2.75) is 46.4 Å². The number of nitriles is 1. The molecule has 0 heterocycles. The Bertz CT molecular complexity index is 1090. The molecule has 0 radical (unpaired) electrons. The SMILES string of the molecule is CCCON(Cc1ccc(-c2ccccc2C#N)cc1)[C@H](C(=O)OCc1ccccc1)C(C)C. The summed E-state index contributed by atoms with van der Waals surface area (Å²) < 4.78 is 5.66. The molecule has 34 heavy (non-hydrogen) atoms. The number of carbonyl (C=O) groups is 1. The van der Waals surface area contributed by atoms with E-state index in [4.69, 9.17) is 9.57 Å². The normalized spacial score (nSPS) is 11.9. The Kier molecular flexibility index (Phi) is 9.40. The van der Waals surface area contributed by atoms with Gasteiger partial charge in [-0.3, -0.25) is 9.63 Å². The third-order valence-electron chi connectivity index (χ3n) is 5.52. The smallest absolute Gasteiger partial charge is 0.326 e. The summed E-state index contributed by atoms with van der Waals surface area (Å²) in [6.07, 6.45) is 0.838.